The second-order valence-corrected chi connectivity index (χ2v) is 8.27. The van der Waals surface area contributed by atoms with E-state index >= 15 is 0 Å². The van der Waals surface area contributed by atoms with E-state index in [1.807, 2.05) is 62.4 Å². The van der Waals surface area contributed by atoms with Crippen LogP contribution in [0.2, 0.25) is 0 Å². The highest BCUT2D eigenvalue weighted by Crippen LogP contribution is 2.30. The smallest absolute Gasteiger partial charge is 0.340 e. The van der Waals surface area contributed by atoms with Gasteiger partial charge in [0.15, 0.2) is 0 Å². The number of carboxylic acids is 1. The monoisotopic (exact) mass is 431 g/mol. The highest BCUT2D eigenvalue weighted by atomic mass is 16.5. The predicted octanol–water partition coefficient (Wildman–Crippen LogP) is 4.56. The van der Waals surface area contributed by atoms with Crippen molar-refractivity contribution in [3.63, 3.8) is 0 Å². The summed E-state index contributed by atoms with van der Waals surface area (Å²) in [4.78, 5) is 21.1. The van der Waals surface area contributed by atoms with Crippen LogP contribution in [0.3, 0.4) is 0 Å². The summed E-state index contributed by atoms with van der Waals surface area (Å²) in [6.07, 6.45) is 1.83. The molecule has 4 rings (SSSR count). The van der Waals surface area contributed by atoms with Crippen molar-refractivity contribution < 1.29 is 14.6 Å². The predicted molar refractivity (Wildman–Crippen MR) is 126 cm³/mol. The third-order valence-corrected chi connectivity index (χ3v) is 5.63. The van der Waals surface area contributed by atoms with Crippen LogP contribution < -0.4 is 9.64 Å². The van der Waals surface area contributed by atoms with Gasteiger partial charge in [-0.05, 0) is 31.5 Å². The summed E-state index contributed by atoms with van der Waals surface area (Å²) in [6, 6.07) is 19.6. The third kappa shape index (κ3) is 4.92. The molecule has 0 spiro atoms. The molecule has 0 saturated carbocycles. The van der Waals surface area contributed by atoms with Gasteiger partial charge in [0.1, 0.15) is 17.1 Å². The van der Waals surface area contributed by atoms with E-state index in [1.54, 1.807) is 12.3 Å². The molecule has 2 aromatic carbocycles. The van der Waals surface area contributed by atoms with Gasteiger partial charge in [-0.15, -0.1) is 0 Å². The van der Waals surface area contributed by atoms with E-state index in [0.29, 0.717) is 11.4 Å². The number of hydrogen-bond donors (Lipinski definition) is 1. The maximum Gasteiger partial charge on any atom is 0.340 e. The van der Waals surface area contributed by atoms with E-state index in [-0.39, 0.29) is 11.7 Å². The molecule has 1 fully saturated rings. The molecule has 1 saturated heterocycles. The van der Waals surface area contributed by atoms with Gasteiger partial charge in [-0.1, -0.05) is 48.5 Å². The summed E-state index contributed by atoms with van der Waals surface area (Å²) < 4.78 is 5.96. The molecule has 0 radical (unpaired) electrons. The Morgan fingerprint density at radius 2 is 1.69 bits per heavy atom. The van der Waals surface area contributed by atoms with Gasteiger partial charge >= 0.3 is 5.97 Å². The second-order valence-electron chi connectivity index (χ2n) is 8.27. The Bertz CT molecular complexity index is 1060. The molecule has 2 heterocycles. The molecular formula is C26H29N3O3. The number of benzene rings is 2. The molecule has 1 N–H and O–H groups in total. The molecule has 1 aliphatic rings. The van der Waals surface area contributed by atoms with E-state index in [9.17, 15) is 9.90 Å². The minimum Gasteiger partial charge on any atom is -0.491 e. The SMILES string of the molecule is CC(C)Oc1ccccc1CN1CCN(c2nccc(-c3ccccc3)c2C(=O)O)CC1. The van der Waals surface area contributed by atoms with Crippen molar-refractivity contribution in [2.45, 2.75) is 26.5 Å². The Hall–Kier alpha value is -3.38. The molecule has 166 valence electrons. The van der Waals surface area contributed by atoms with Gasteiger partial charge < -0.3 is 14.7 Å². The van der Waals surface area contributed by atoms with E-state index < -0.39 is 5.97 Å². The highest BCUT2D eigenvalue weighted by molar-refractivity contribution is 6.01. The lowest BCUT2D eigenvalue weighted by molar-refractivity contribution is 0.0697. The summed E-state index contributed by atoms with van der Waals surface area (Å²) in [5.74, 6) is 0.520. The summed E-state index contributed by atoms with van der Waals surface area (Å²) in [6.45, 7) is 7.97. The minimum atomic E-state index is -0.950. The minimum absolute atomic E-state index is 0.130. The normalized spacial score (nSPS) is 14.5. The Kier molecular flexibility index (Phi) is 6.71. The summed E-state index contributed by atoms with van der Waals surface area (Å²) in [5, 5.41) is 10.00. The molecule has 6 heteroatoms. The number of para-hydroxylation sites is 1. The van der Waals surface area contributed by atoms with Crippen molar-refractivity contribution in [2.24, 2.45) is 0 Å². The summed E-state index contributed by atoms with van der Waals surface area (Å²) in [5.41, 5.74) is 3.02. The number of pyridine rings is 1. The number of ether oxygens (including phenoxy) is 1. The van der Waals surface area contributed by atoms with Crippen molar-refractivity contribution in [1.82, 2.24) is 9.88 Å². The molecule has 0 bridgehead atoms. The van der Waals surface area contributed by atoms with Crippen molar-refractivity contribution in [3.05, 3.63) is 78.0 Å². The zero-order chi connectivity index (χ0) is 22.5. The molecule has 3 aromatic rings. The van der Waals surface area contributed by atoms with Gasteiger partial charge in [0.05, 0.1) is 6.10 Å². The Morgan fingerprint density at radius 3 is 2.38 bits per heavy atom. The van der Waals surface area contributed by atoms with Crippen LogP contribution in [0.25, 0.3) is 11.1 Å². The van der Waals surface area contributed by atoms with Crippen molar-refractivity contribution in [1.29, 1.82) is 0 Å². The Labute approximate surface area is 189 Å². The van der Waals surface area contributed by atoms with Crippen LogP contribution in [0.15, 0.2) is 66.9 Å². The summed E-state index contributed by atoms with van der Waals surface area (Å²) >= 11 is 0. The first-order valence-corrected chi connectivity index (χ1v) is 11.0. The van der Waals surface area contributed by atoms with Gasteiger partial charge in [-0.25, -0.2) is 9.78 Å². The number of nitrogens with zero attached hydrogens (tertiary/aromatic N) is 3. The first-order valence-electron chi connectivity index (χ1n) is 11.0. The molecule has 0 aliphatic carbocycles. The molecule has 6 nitrogen and oxygen atoms in total. The molecule has 1 aliphatic heterocycles. The quantitative estimate of drug-likeness (QED) is 0.592. The van der Waals surface area contributed by atoms with E-state index in [0.717, 1.165) is 44.0 Å². The number of carboxylic acid groups (broad SMARTS) is 1. The van der Waals surface area contributed by atoms with E-state index in [4.69, 9.17) is 4.74 Å². The first kappa shape index (κ1) is 21.8. The number of rotatable bonds is 7. The fraction of sp³-hybridized carbons (Fsp3) is 0.308. The van der Waals surface area contributed by atoms with Gasteiger partial charge in [-0.2, -0.15) is 0 Å². The maximum atomic E-state index is 12.2. The fourth-order valence-electron chi connectivity index (χ4n) is 4.12. The lowest BCUT2D eigenvalue weighted by Gasteiger charge is -2.36. The van der Waals surface area contributed by atoms with Gasteiger partial charge in [-0.3, -0.25) is 4.90 Å². The van der Waals surface area contributed by atoms with Crippen LogP contribution in [0, 0.1) is 0 Å². The Morgan fingerprint density at radius 1 is 1.00 bits per heavy atom. The number of aromatic nitrogens is 1. The zero-order valence-electron chi connectivity index (χ0n) is 18.6. The third-order valence-electron chi connectivity index (χ3n) is 5.63. The number of hydrogen-bond acceptors (Lipinski definition) is 5. The number of aromatic carboxylic acids is 1. The van der Waals surface area contributed by atoms with Gasteiger partial charge in [0, 0.05) is 50.0 Å². The van der Waals surface area contributed by atoms with Crippen LogP contribution in [-0.4, -0.2) is 53.2 Å². The number of anilines is 1. The lowest BCUT2D eigenvalue weighted by Crippen LogP contribution is -2.46. The van der Waals surface area contributed by atoms with Crippen LogP contribution in [-0.2, 0) is 6.54 Å². The van der Waals surface area contributed by atoms with Crippen LogP contribution in [0.5, 0.6) is 5.75 Å². The topological polar surface area (TPSA) is 65.9 Å². The van der Waals surface area contributed by atoms with Crippen LogP contribution in [0.4, 0.5) is 5.82 Å². The average Bonchev–Trinajstić information content (AvgIpc) is 2.80. The molecule has 0 unspecified atom stereocenters. The van der Waals surface area contributed by atoms with Crippen LogP contribution in [0.1, 0.15) is 29.8 Å². The molecule has 0 atom stereocenters. The molecule has 32 heavy (non-hydrogen) atoms. The van der Waals surface area contributed by atoms with Crippen molar-refractivity contribution in [3.8, 4) is 16.9 Å². The second kappa shape index (κ2) is 9.83. The lowest BCUT2D eigenvalue weighted by atomic mass is 10.0. The zero-order valence-corrected chi connectivity index (χ0v) is 18.6. The average molecular weight is 432 g/mol. The largest absolute Gasteiger partial charge is 0.491 e. The molecule has 1 aromatic heterocycles. The molecule has 0 amide bonds. The van der Waals surface area contributed by atoms with Crippen LogP contribution >= 0.6 is 0 Å². The van der Waals surface area contributed by atoms with Gasteiger partial charge in [0.2, 0.25) is 0 Å². The van der Waals surface area contributed by atoms with Crippen molar-refractivity contribution >= 4 is 11.8 Å². The number of piperazine rings is 1. The van der Waals surface area contributed by atoms with Crippen molar-refractivity contribution in [2.75, 3.05) is 31.1 Å². The maximum absolute atomic E-state index is 12.2. The Balaban J connectivity index is 1.50. The first-order chi connectivity index (χ1) is 15.5. The number of carbonyl (C=O) groups is 1. The van der Waals surface area contributed by atoms with E-state index in [1.165, 1.54) is 5.56 Å². The highest BCUT2D eigenvalue weighted by Gasteiger charge is 2.25. The standard InChI is InChI=1S/C26H29N3O3/c1-19(2)32-23-11-7-6-10-21(23)18-28-14-16-29(17-15-28)25-24(26(30)31)22(12-13-27-25)20-8-4-3-5-9-20/h3-13,19H,14-18H2,1-2H3,(H,30,31). The summed E-state index contributed by atoms with van der Waals surface area (Å²) in [7, 11) is 0. The fourth-order valence-corrected chi connectivity index (χ4v) is 4.12. The molecular weight excluding hydrogens is 402 g/mol. The van der Waals surface area contributed by atoms with Gasteiger partial charge in [0.25, 0.3) is 0 Å². The van der Waals surface area contributed by atoms with E-state index in [2.05, 4.69) is 20.9 Å².